The molecule has 0 saturated carbocycles. The predicted molar refractivity (Wildman–Crippen MR) is 68.6 cm³/mol. The normalized spacial score (nSPS) is 15.9. The highest BCUT2D eigenvalue weighted by Gasteiger charge is 2.10. The van der Waals surface area contributed by atoms with Gasteiger partial charge in [0.15, 0.2) is 6.79 Å². The van der Waals surface area contributed by atoms with Crippen LogP contribution in [0.25, 0.3) is 0 Å². The summed E-state index contributed by atoms with van der Waals surface area (Å²) in [6, 6.07) is 8.19. The van der Waals surface area contributed by atoms with E-state index >= 15 is 0 Å². The van der Waals surface area contributed by atoms with Gasteiger partial charge in [0.2, 0.25) is 0 Å². The summed E-state index contributed by atoms with van der Waals surface area (Å²) in [7, 11) is 0. The van der Waals surface area contributed by atoms with Crippen LogP contribution < -0.4 is 15.0 Å². The topological polar surface area (TPSA) is 33.7 Å². The van der Waals surface area contributed by atoms with E-state index in [1.54, 1.807) is 0 Å². The number of hydrogen-bond donors (Lipinski definition) is 1. The number of rotatable bonds is 5. The van der Waals surface area contributed by atoms with Crippen LogP contribution in [-0.4, -0.2) is 39.6 Å². The van der Waals surface area contributed by atoms with Crippen molar-refractivity contribution in [1.29, 1.82) is 0 Å². The highest BCUT2D eigenvalue weighted by molar-refractivity contribution is 5.51. The number of benzene rings is 1. The Morgan fingerprint density at radius 3 is 2.88 bits per heavy atom. The molecule has 1 saturated heterocycles. The van der Waals surface area contributed by atoms with Gasteiger partial charge in [-0.1, -0.05) is 6.07 Å². The average molecular weight is 236 g/mol. The molecule has 1 aliphatic heterocycles. The van der Waals surface area contributed by atoms with Crippen LogP contribution in [0.1, 0.15) is 6.92 Å². The Bertz CT molecular complexity index is 338. The van der Waals surface area contributed by atoms with E-state index in [-0.39, 0.29) is 0 Å². The Balaban J connectivity index is 1.95. The Morgan fingerprint density at radius 2 is 2.12 bits per heavy atom. The van der Waals surface area contributed by atoms with Crippen molar-refractivity contribution in [2.24, 2.45) is 0 Å². The lowest BCUT2D eigenvalue weighted by atomic mass is 10.2. The number of nitrogens with one attached hydrogen (secondary N) is 1. The first kappa shape index (κ1) is 12.2. The molecule has 0 aromatic heterocycles. The van der Waals surface area contributed by atoms with Crippen molar-refractivity contribution in [2.75, 3.05) is 44.5 Å². The fourth-order valence-electron chi connectivity index (χ4n) is 1.89. The van der Waals surface area contributed by atoms with E-state index in [0.717, 1.165) is 31.9 Å². The molecule has 1 N–H and O–H groups in total. The second-order valence-electron chi connectivity index (χ2n) is 3.99. The molecule has 17 heavy (non-hydrogen) atoms. The minimum atomic E-state index is 0.321. The molecule has 0 bridgehead atoms. The van der Waals surface area contributed by atoms with E-state index < -0.39 is 0 Å². The van der Waals surface area contributed by atoms with Crippen molar-refractivity contribution < 1.29 is 9.47 Å². The van der Waals surface area contributed by atoms with Gasteiger partial charge < -0.3 is 19.7 Å². The lowest BCUT2D eigenvalue weighted by Gasteiger charge is -2.29. The van der Waals surface area contributed by atoms with Crippen LogP contribution in [0.5, 0.6) is 5.75 Å². The second kappa shape index (κ2) is 6.47. The molecule has 1 aromatic carbocycles. The minimum absolute atomic E-state index is 0.321. The highest BCUT2D eigenvalue weighted by Crippen LogP contribution is 2.21. The molecule has 0 atom stereocenters. The van der Waals surface area contributed by atoms with Crippen LogP contribution in [0, 0.1) is 0 Å². The SMILES string of the molecule is CCOCOc1cccc(N2CCNCC2)c1. The molecule has 0 amide bonds. The van der Waals surface area contributed by atoms with Crippen molar-refractivity contribution in [3.63, 3.8) is 0 Å². The van der Waals surface area contributed by atoms with Crippen LogP contribution in [0.3, 0.4) is 0 Å². The maximum absolute atomic E-state index is 5.51. The largest absolute Gasteiger partial charge is 0.467 e. The molecule has 0 unspecified atom stereocenters. The quantitative estimate of drug-likeness (QED) is 0.620. The fraction of sp³-hybridized carbons (Fsp3) is 0.538. The van der Waals surface area contributed by atoms with E-state index in [9.17, 15) is 0 Å². The molecule has 1 heterocycles. The first-order valence-corrected chi connectivity index (χ1v) is 6.16. The Hall–Kier alpha value is -1.26. The molecule has 1 fully saturated rings. The molecule has 94 valence electrons. The van der Waals surface area contributed by atoms with Gasteiger partial charge in [0.05, 0.1) is 0 Å². The number of piperazine rings is 1. The summed E-state index contributed by atoms with van der Waals surface area (Å²) in [5.41, 5.74) is 1.22. The first-order valence-electron chi connectivity index (χ1n) is 6.16. The zero-order valence-electron chi connectivity index (χ0n) is 10.3. The van der Waals surface area contributed by atoms with Gasteiger partial charge in [-0.05, 0) is 19.1 Å². The summed E-state index contributed by atoms with van der Waals surface area (Å²) in [4.78, 5) is 2.37. The van der Waals surface area contributed by atoms with Gasteiger partial charge in [0, 0.05) is 44.5 Å². The van der Waals surface area contributed by atoms with Gasteiger partial charge in [-0.15, -0.1) is 0 Å². The van der Waals surface area contributed by atoms with Gasteiger partial charge in [0.25, 0.3) is 0 Å². The third-order valence-electron chi connectivity index (χ3n) is 2.81. The summed E-state index contributed by atoms with van der Waals surface area (Å²) in [5, 5.41) is 3.35. The number of nitrogens with zero attached hydrogens (tertiary/aromatic N) is 1. The maximum atomic E-state index is 5.51. The zero-order chi connectivity index (χ0) is 11.9. The smallest absolute Gasteiger partial charge is 0.189 e. The van der Waals surface area contributed by atoms with Crippen molar-refractivity contribution in [3.05, 3.63) is 24.3 Å². The summed E-state index contributed by atoms with van der Waals surface area (Å²) in [6.45, 7) is 7.15. The van der Waals surface area contributed by atoms with Crippen LogP contribution in [-0.2, 0) is 4.74 Å². The molecule has 4 heteroatoms. The minimum Gasteiger partial charge on any atom is -0.467 e. The van der Waals surface area contributed by atoms with Gasteiger partial charge in [-0.25, -0.2) is 0 Å². The number of hydrogen-bond acceptors (Lipinski definition) is 4. The summed E-state index contributed by atoms with van der Waals surface area (Å²) >= 11 is 0. The zero-order valence-corrected chi connectivity index (χ0v) is 10.3. The van der Waals surface area contributed by atoms with Crippen molar-refractivity contribution in [3.8, 4) is 5.75 Å². The Kier molecular flexibility index (Phi) is 4.64. The lowest BCUT2D eigenvalue weighted by molar-refractivity contribution is 0.0224. The fourth-order valence-corrected chi connectivity index (χ4v) is 1.89. The van der Waals surface area contributed by atoms with Gasteiger partial charge in [-0.3, -0.25) is 0 Å². The maximum Gasteiger partial charge on any atom is 0.189 e. The van der Waals surface area contributed by atoms with Crippen molar-refractivity contribution in [2.45, 2.75) is 6.92 Å². The van der Waals surface area contributed by atoms with Gasteiger partial charge >= 0.3 is 0 Å². The number of anilines is 1. The van der Waals surface area contributed by atoms with E-state index in [1.807, 2.05) is 19.1 Å². The van der Waals surface area contributed by atoms with Crippen molar-refractivity contribution in [1.82, 2.24) is 5.32 Å². The summed E-state index contributed by atoms with van der Waals surface area (Å²) < 4.78 is 10.7. The van der Waals surface area contributed by atoms with Crippen LogP contribution >= 0.6 is 0 Å². The van der Waals surface area contributed by atoms with Crippen LogP contribution in [0.2, 0.25) is 0 Å². The summed E-state index contributed by atoms with van der Waals surface area (Å²) in [5.74, 6) is 0.870. The van der Waals surface area contributed by atoms with Gasteiger partial charge in [-0.2, -0.15) is 0 Å². The van der Waals surface area contributed by atoms with E-state index in [0.29, 0.717) is 13.4 Å². The molecule has 1 aromatic rings. The van der Waals surface area contributed by atoms with E-state index in [1.165, 1.54) is 5.69 Å². The standard InChI is InChI=1S/C13H20N2O2/c1-2-16-11-17-13-5-3-4-12(10-13)15-8-6-14-7-9-15/h3-5,10,14H,2,6-9,11H2,1H3. The second-order valence-corrected chi connectivity index (χ2v) is 3.99. The average Bonchev–Trinajstić information content (AvgIpc) is 2.41. The molecule has 0 spiro atoms. The van der Waals surface area contributed by atoms with Crippen molar-refractivity contribution >= 4 is 5.69 Å². The summed E-state index contributed by atoms with van der Waals surface area (Å²) in [6.07, 6.45) is 0. The third kappa shape index (κ3) is 3.61. The molecule has 4 nitrogen and oxygen atoms in total. The number of ether oxygens (including phenoxy) is 2. The molecule has 1 aliphatic rings. The van der Waals surface area contributed by atoms with Gasteiger partial charge in [0.1, 0.15) is 5.75 Å². The molecule has 0 radical (unpaired) electrons. The third-order valence-corrected chi connectivity index (χ3v) is 2.81. The first-order chi connectivity index (χ1) is 8.40. The molecule has 0 aliphatic carbocycles. The molecular weight excluding hydrogens is 216 g/mol. The molecular formula is C13H20N2O2. The van der Waals surface area contributed by atoms with E-state index in [4.69, 9.17) is 9.47 Å². The van der Waals surface area contributed by atoms with Crippen LogP contribution in [0.4, 0.5) is 5.69 Å². The van der Waals surface area contributed by atoms with Crippen LogP contribution in [0.15, 0.2) is 24.3 Å². The lowest BCUT2D eigenvalue weighted by Crippen LogP contribution is -2.43. The Labute approximate surface area is 103 Å². The monoisotopic (exact) mass is 236 g/mol. The molecule has 2 rings (SSSR count). The Morgan fingerprint density at radius 1 is 1.29 bits per heavy atom. The predicted octanol–water partition coefficient (Wildman–Crippen LogP) is 1.47. The van der Waals surface area contributed by atoms with E-state index in [2.05, 4.69) is 22.3 Å². The highest BCUT2D eigenvalue weighted by atomic mass is 16.7.